The fourth-order valence-electron chi connectivity index (χ4n) is 2.92. The summed E-state index contributed by atoms with van der Waals surface area (Å²) in [5.41, 5.74) is 1.40. The van der Waals surface area contributed by atoms with Crippen LogP contribution in [0.3, 0.4) is 0 Å². The average Bonchev–Trinajstić information content (AvgIpc) is 2.84. The molecule has 2 nitrogen and oxygen atoms in total. The van der Waals surface area contributed by atoms with Gasteiger partial charge in [-0.25, -0.2) is 0 Å². The third-order valence-electron chi connectivity index (χ3n) is 3.78. The second-order valence-electron chi connectivity index (χ2n) is 5.16. The van der Waals surface area contributed by atoms with E-state index in [1.807, 2.05) is 0 Å². The molecule has 1 saturated heterocycles. The minimum atomic E-state index is 0.469. The Morgan fingerprint density at radius 3 is 2.41 bits per heavy atom. The molecule has 2 atom stereocenters. The van der Waals surface area contributed by atoms with Gasteiger partial charge in [-0.1, -0.05) is 37.3 Å². The molecular weight excluding hydrogens is 208 g/mol. The molecule has 1 aromatic carbocycles. The lowest BCUT2D eigenvalue weighted by atomic mass is 9.94. The Bertz CT molecular complexity index is 317. The molecule has 17 heavy (non-hydrogen) atoms. The van der Waals surface area contributed by atoms with Crippen molar-refractivity contribution >= 4 is 0 Å². The predicted molar refractivity (Wildman–Crippen MR) is 73.1 cm³/mol. The molecule has 0 aromatic heterocycles. The summed E-state index contributed by atoms with van der Waals surface area (Å²) < 4.78 is 0. The fourth-order valence-corrected chi connectivity index (χ4v) is 2.92. The highest BCUT2D eigenvalue weighted by atomic mass is 15.1. The third-order valence-corrected chi connectivity index (χ3v) is 3.78. The zero-order chi connectivity index (χ0) is 12.1. The van der Waals surface area contributed by atoms with Crippen molar-refractivity contribution in [1.29, 1.82) is 0 Å². The largest absolute Gasteiger partial charge is 0.313 e. The number of hydrogen-bond donors (Lipinski definition) is 1. The topological polar surface area (TPSA) is 15.3 Å². The lowest BCUT2D eigenvalue weighted by Crippen LogP contribution is -2.33. The van der Waals surface area contributed by atoms with Gasteiger partial charge in [0.25, 0.3) is 0 Å². The van der Waals surface area contributed by atoms with Crippen molar-refractivity contribution in [3.8, 4) is 0 Å². The van der Waals surface area contributed by atoms with Crippen molar-refractivity contribution in [2.24, 2.45) is 5.92 Å². The van der Waals surface area contributed by atoms with Gasteiger partial charge in [-0.3, -0.25) is 0 Å². The van der Waals surface area contributed by atoms with Gasteiger partial charge in [0.2, 0.25) is 0 Å². The maximum absolute atomic E-state index is 3.47. The van der Waals surface area contributed by atoms with Crippen LogP contribution in [-0.2, 0) is 0 Å². The standard InChI is InChI=1S/C15H24N2/c1-13(12-17-10-6-7-11-17)15(16-2)14-8-4-3-5-9-14/h3-5,8-9,13,15-16H,6-7,10-12H2,1-2H3/t13-,15+/m0/s1. The van der Waals surface area contributed by atoms with E-state index in [0.29, 0.717) is 12.0 Å². The minimum Gasteiger partial charge on any atom is -0.313 e. The number of nitrogens with one attached hydrogen (secondary N) is 1. The van der Waals surface area contributed by atoms with Crippen LogP contribution >= 0.6 is 0 Å². The fraction of sp³-hybridized carbons (Fsp3) is 0.600. The summed E-state index contributed by atoms with van der Waals surface area (Å²) in [4.78, 5) is 2.60. The Kier molecular flexibility index (Phi) is 4.57. The highest BCUT2D eigenvalue weighted by Gasteiger charge is 2.21. The Balaban J connectivity index is 1.97. The number of nitrogens with zero attached hydrogens (tertiary/aromatic N) is 1. The molecule has 0 spiro atoms. The second kappa shape index (κ2) is 6.18. The van der Waals surface area contributed by atoms with E-state index in [1.165, 1.54) is 38.0 Å². The first-order valence-corrected chi connectivity index (χ1v) is 6.76. The van der Waals surface area contributed by atoms with Crippen LogP contribution in [-0.4, -0.2) is 31.6 Å². The van der Waals surface area contributed by atoms with E-state index >= 15 is 0 Å². The van der Waals surface area contributed by atoms with E-state index in [-0.39, 0.29) is 0 Å². The average molecular weight is 232 g/mol. The highest BCUT2D eigenvalue weighted by Crippen LogP contribution is 2.23. The Hall–Kier alpha value is -0.860. The van der Waals surface area contributed by atoms with E-state index in [4.69, 9.17) is 0 Å². The maximum atomic E-state index is 3.47. The molecule has 0 saturated carbocycles. The lowest BCUT2D eigenvalue weighted by molar-refractivity contribution is 0.252. The zero-order valence-corrected chi connectivity index (χ0v) is 11.0. The van der Waals surface area contributed by atoms with Crippen LogP contribution in [0.15, 0.2) is 30.3 Å². The predicted octanol–water partition coefficient (Wildman–Crippen LogP) is 2.68. The van der Waals surface area contributed by atoms with Gasteiger partial charge in [0.05, 0.1) is 0 Å². The van der Waals surface area contributed by atoms with Gasteiger partial charge in [-0.2, -0.15) is 0 Å². The molecule has 2 rings (SSSR count). The molecule has 0 bridgehead atoms. The maximum Gasteiger partial charge on any atom is 0.0355 e. The molecule has 1 fully saturated rings. The minimum absolute atomic E-state index is 0.469. The molecular formula is C15H24N2. The molecule has 1 aliphatic rings. The summed E-state index contributed by atoms with van der Waals surface area (Å²) in [5.74, 6) is 0.653. The van der Waals surface area contributed by atoms with Crippen LogP contribution in [0.2, 0.25) is 0 Å². The van der Waals surface area contributed by atoms with Crippen LogP contribution in [0.1, 0.15) is 31.4 Å². The molecule has 0 unspecified atom stereocenters. The number of rotatable bonds is 5. The molecule has 1 heterocycles. The first kappa shape index (κ1) is 12.6. The monoisotopic (exact) mass is 232 g/mol. The van der Waals surface area contributed by atoms with Crippen molar-refractivity contribution in [2.45, 2.75) is 25.8 Å². The van der Waals surface area contributed by atoms with Gasteiger partial charge in [0, 0.05) is 12.6 Å². The van der Waals surface area contributed by atoms with E-state index in [0.717, 1.165) is 0 Å². The van der Waals surface area contributed by atoms with Gasteiger partial charge in [0.1, 0.15) is 0 Å². The Labute approximate surface area is 105 Å². The first-order valence-electron chi connectivity index (χ1n) is 6.76. The quantitative estimate of drug-likeness (QED) is 0.839. The van der Waals surface area contributed by atoms with Crippen molar-refractivity contribution < 1.29 is 0 Å². The van der Waals surface area contributed by atoms with Gasteiger partial charge in [-0.15, -0.1) is 0 Å². The van der Waals surface area contributed by atoms with Crippen LogP contribution in [0, 0.1) is 5.92 Å². The highest BCUT2D eigenvalue weighted by molar-refractivity contribution is 5.19. The summed E-state index contributed by atoms with van der Waals surface area (Å²) in [6.07, 6.45) is 2.75. The summed E-state index contributed by atoms with van der Waals surface area (Å²) >= 11 is 0. The van der Waals surface area contributed by atoms with Gasteiger partial charge >= 0.3 is 0 Å². The van der Waals surface area contributed by atoms with Gasteiger partial charge in [-0.05, 0) is 44.5 Å². The molecule has 94 valence electrons. The van der Waals surface area contributed by atoms with Crippen LogP contribution in [0.25, 0.3) is 0 Å². The summed E-state index contributed by atoms with van der Waals surface area (Å²) in [7, 11) is 2.07. The van der Waals surface area contributed by atoms with E-state index in [2.05, 4.69) is 54.5 Å². The smallest absolute Gasteiger partial charge is 0.0355 e. The SMILES string of the molecule is CN[C@@H](c1ccccc1)[C@@H](C)CN1CCCC1. The first-order chi connectivity index (χ1) is 8.31. The van der Waals surface area contributed by atoms with Crippen LogP contribution < -0.4 is 5.32 Å². The van der Waals surface area contributed by atoms with Crippen molar-refractivity contribution in [3.05, 3.63) is 35.9 Å². The lowest BCUT2D eigenvalue weighted by Gasteiger charge is -2.28. The molecule has 1 aromatic rings. The second-order valence-corrected chi connectivity index (χ2v) is 5.16. The number of hydrogen-bond acceptors (Lipinski definition) is 2. The zero-order valence-electron chi connectivity index (χ0n) is 11.0. The van der Waals surface area contributed by atoms with E-state index in [1.54, 1.807) is 0 Å². The van der Waals surface area contributed by atoms with Gasteiger partial charge < -0.3 is 10.2 Å². The molecule has 1 aliphatic heterocycles. The molecule has 2 heteroatoms. The molecule has 0 amide bonds. The van der Waals surface area contributed by atoms with Crippen LogP contribution in [0.5, 0.6) is 0 Å². The van der Waals surface area contributed by atoms with Crippen LogP contribution in [0.4, 0.5) is 0 Å². The molecule has 0 radical (unpaired) electrons. The summed E-state index contributed by atoms with van der Waals surface area (Å²) in [5, 5.41) is 3.47. The van der Waals surface area contributed by atoms with E-state index < -0.39 is 0 Å². The van der Waals surface area contributed by atoms with Crippen molar-refractivity contribution in [2.75, 3.05) is 26.7 Å². The Morgan fingerprint density at radius 2 is 1.82 bits per heavy atom. The summed E-state index contributed by atoms with van der Waals surface area (Å²) in [6.45, 7) is 6.14. The van der Waals surface area contributed by atoms with E-state index in [9.17, 15) is 0 Å². The molecule has 1 N–H and O–H groups in total. The number of benzene rings is 1. The normalized spacial score (nSPS) is 20.4. The third kappa shape index (κ3) is 3.30. The summed E-state index contributed by atoms with van der Waals surface area (Å²) in [6, 6.07) is 11.3. The Morgan fingerprint density at radius 1 is 1.18 bits per heavy atom. The number of likely N-dealkylation sites (tertiary alicyclic amines) is 1. The molecule has 0 aliphatic carbocycles. The van der Waals surface area contributed by atoms with Crippen molar-refractivity contribution in [1.82, 2.24) is 10.2 Å². The van der Waals surface area contributed by atoms with Crippen molar-refractivity contribution in [3.63, 3.8) is 0 Å². The van der Waals surface area contributed by atoms with Gasteiger partial charge in [0.15, 0.2) is 0 Å².